The third kappa shape index (κ3) is 4.43. The minimum atomic E-state index is 0.581. The lowest BCUT2D eigenvalue weighted by Crippen LogP contribution is -2.29. The van der Waals surface area contributed by atoms with Crippen molar-refractivity contribution in [3.05, 3.63) is 23.8 Å². The van der Waals surface area contributed by atoms with E-state index in [0.29, 0.717) is 19.3 Å². The maximum Gasteiger partial charge on any atom is 0.161 e. The van der Waals surface area contributed by atoms with E-state index in [2.05, 4.69) is 38.2 Å². The second-order valence-electron chi connectivity index (χ2n) is 5.71. The van der Waals surface area contributed by atoms with Gasteiger partial charge >= 0.3 is 0 Å². The van der Waals surface area contributed by atoms with Gasteiger partial charge in [0.1, 0.15) is 13.2 Å². The predicted octanol–water partition coefficient (Wildman–Crippen LogP) is 3.02. The average Bonchev–Trinajstić information content (AvgIpc) is 2.37. The lowest BCUT2D eigenvalue weighted by atomic mass is 10.0. The van der Waals surface area contributed by atoms with Crippen LogP contribution in [0.1, 0.15) is 32.8 Å². The van der Waals surface area contributed by atoms with Crippen LogP contribution in [0, 0.1) is 5.92 Å². The van der Waals surface area contributed by atoms with E-state index >= 15 is 0 Å². The highest BCUT2D eigenvalue weighted by Crippen LogP contribution is 2.30. The number of hydrogen-bond acceptors (Lipinski definition) is 3. The molecule has 1 aromatic rings. The molecule has 0 aliphatic carbocycles. The normalized spacial score (nSPS) is 15.6. The molecular weight excluding hydrogens is 238 g/mol. The predicted molar refractivity (Wildman–Crippen MR) is 78.1 cm³/mol. The summed E-state index contributed by atoms with van der Waals surface area (Å²) in [5.74, 6) is 2.51. The highest BCUT2D eigenvalue weighted by Gasteiger charge is 2.11. The molecule has 0 radical (unpaired) electrons. The Morgan fingerprint density at radius 2 is 1.84 bits per heavy atom. The molecule has 0 amide bonds. The maximum absolute atomic E-state index is 5.60. The first-order chi connectivity index (χ1) is 9.15. The third-order valence-corrected chi connectivity index (χ3v) is 3.34. The zero-order valence-electron chi connectivity index (χ0n) is 12.2. The number of hydrogen-bond donors (Lipinski definition) is 1. The fourth-order valence-corrected chi connectivity index (χ4v) is 2.50. The second-order valence-corrected chi connectivity index (χ2v) is 5.71. The highest BCUT2D eigenvalue weighted by molar-refractivity contribution is 5.43. The standard InChI is InChI=1S/C16H25NO2/c1-12(2)10-13(3)17-7-6-14-4-5-15-16(11-14)19-9-8-18-15/h4-5,11-13,17H,6-10H2,1-3H3. The van der Waals surface area contributed by atoms with Crippen LogP contribution in [0.5, 0.6) is 11.5 Å². The first-order valence-corrected chi connectivity index (χ1v) is 7.27. The van der Waals surface area contributed by atoms with Gasteiger partial charge in [0, 0.05) is 6.04 Å². The first kappa shape index (κ1) is 14.2. The Bertz CT molecular complexity index is 404. The molecule has 1 heterocycles. The topological polar surface area (TPSA) is 30.5 Å². The van der Waals surface area contributed by atoms with Crippen molar-refractivity contribution in [3.8, 4) is 11.5 Å². The van der Waals surface area contributed by atoms with Gasteiger partial charge in [-0.15, -0.1) is 0 Å². The molecule has 1 aromatic carbocycles. The van der Waals surface area contributed by atoms with Gasteiger partial charge in [-0.1, -0.05) is 19.9 Å². The quantitative estimate of drug-likeness (QED) is 0.855. The zero-order chi connectivity index (χ0) is 13.7. The third-order valence-electron chi connectivity index (χ3n) is 3.34. The maximum atomic E-state index is 5.60. The second kappa shape index (κ2) is 6.80. The molecule has 0 saturated heterocycles. The van der Waals surface area contributed by atoms with Gasteiger partial charge in [-0.25, -0.2) is 0 Å². The van der Waals surface area contributed by atoms with Crippen LogP contribution >= 0.6 is 0 Å². The van der Waals surface area contributed by atoms with Crippen LogP contribution in [0.15, 0.2) is 18.2 Å². The molecule has 19 heavy (non-hydrogen) atoms. The van der Waals surface area contributed by atoms with Crippen LogP contribution in [0.3, 0.4) is 0 Å². The molecule has 1 atom stereocenters. The van der Waals surface area contributed by atoms with E-state index in [0.717, 1.165) is 30.4 Å². The van der Waals surface area contributed by atoms with Gasteiger partial charge in [0.15, 0.2) is 11.5 Å². The van der Waals surface area contributed by atoms with Crippen LogP contribution in [-0.4, -0.2) is 25.8 Å². The van der Waals surface area contributed by atoms with Crippen molar-refractivity contribution in [1.82, 2.24) is 5.32 Å². The van der Waals surface area contributed by atoms with Crippen LogP contribution in [0.25, 0.3) is 0 Å². The minimum absolute atomic E-state index is 0.581. The Labute approximate surface area is 116 Å². The largest absolute Gasteiger partial charge is 0.486 e. The Morgan fingerprint density at radius 1 is 1.11 bits per heavy atom. The molecule has 3 nitrogen and oxygen atoms in total. The number of nitrogens with one attached hydrogen (secondary N) is 1. The molecule has 0 fully saturated rings. The molecule has 1 unspecified atom stereocenters. The summed E-state index contributed by atoms with van der Waals surface area (Å²) < 4.78 is 11.1. The van der Waals surface area contributed by atoms with E-state index in [4.69, 9.17) is 9.47 Å². The zero-order valence-corrected chi connectivity index (χ0v) is 12.2. The summed E-state index contributed by atoms with van der Waals surface area (Å²) in [7, 11) is 0. The fraction of sp³-hybridized carbons (Fsp3) is 0.625. The van der Waals surface area contributed by atoms with Crippen molar-refractivity contribution in [2.24, 2.45) is 5.92 Å². The van der Waals surface area contributed by atoms with Crippen molar-refractivity contribution in [1.29, 1.82) is 0 Å². The van der Waals surface area contributed by atoms with Crippen molar-refractivity contribution >= 4 is 0 Å². The van der Waals surface area contributed by atoms with E-state index in [-0.39, 0.29) is 0 Å². The number of fused-ring (bicyclic) bond motifs is 1. The van der Waals surface area contributed by atoms with Gasteiger partial charge in [0.25, 0.3) is 0 Å². The van der Waals surface area contributed by atoms with Gasteiger partial charge in [-0.2, -0.15) is 0 Å². The minimum Gasteiger partial charge on any atom is -0.486 e. The van der Waals surface area contributed by atoms with Crippen LogP contribution in [0.2, 0.25) is 0 Å². The molecule has 106 valence electrons. The number of rotatable bonds is 6. The van der Waals surface area contributed by atoms with Gasteiger partial charge in [0.2, 0.25) is 0 Å². The Balaban J connectivity index is 1.80. The van der Waals surface area contributed by atoms with E-state index < -0.39 is 0 Å². The van der Waals surface area contributed by atoms with E-state index in [9.17, 15) is 0 Å². The fourth-order valence-electron chi connectivity index (χ4n) is 2.50. The summed E-state index contributed by atoms with van der Waals surface area (Å²) in [6.45, 7) is 9.09. The van der Waals surface area contributed by atoms with E-state index in [1.54, 1.807) is 0 Å². The Kier molecular flexibility index (Phi) is 5.08. The Morgan fingerprint density at radius 3 is 2.58 bits per heavy atom. The lowest BCUT2D eigenvalue weighted by molar-refractivity contribution is 0.171. The SMILES string of the molecule is CC(C)CC(C)NCCc1ccc2c(c1)OCCO2. The molecule has 2 rings (SSSR count). The summed E-state index contributed by atoms with van der Waals surface area (Å²) in [6.07, 6.45) is 2.25. The molecule has 3 heteroatoms. The summed E-state index contributed by atoms with van der Waals surface area (Å²) in [6, 6.07) is 6.82. The number of ether oxygens (including phenoxy) is 2. The highest BCUT2D eigenvalue weighted by atomic mass is 16.6. The van der Waals surface area contributed by atoms with Crippen molar-refractivity contribution < 1.29 is 9.47 Å². The summed E-state index contributed by atoms with van der Waals surface area (Å²) in [4.78, 5) is 0. The molecule has 0 spiro atoms. The monoisotopic (exact) mass is 263 g/mol. The molecule has 0 bridgehead atoms. The number of benzene rings is 1. The van der Waals surface area contributed by atoms with Crippen LogP contribution in [-0.2, 0) is 6.42 Å². The summed E-state index contributed by atoms with van der Waals surface area (Å²) in [5, 5.41) is 3.57. The molecular formula is C16H25NO2. The van der Waals surface area contributed by atoms with E-state index in [1.165, 1.54) is 12.0 Å². The molecule has 1 aliphatic rings. The Hall–Kier alpha value is -1.22. The van der Waals surface area contributed by atoms with Crippen molar-refractivity contribution in [3.63, 3.8) is 0 Å². The van der Waals surface area contributed by atoms with Gasteiger partial charge in [0.05, 0.1) is 0 Å². The molecule has 1 N–H and O–H groups in total. The van der Waals surface area contributed by atoms with Gasteiger partial charge in [-0.3, -0.25) is 0 Å². The summed E-state index contributed by atoms with van der Waals surface area (Å²) in [5.41, 5.74) is 1.30. The van der Waals surface area contributed by atoms with Crippen LogP contribution in [0.4, 0.5) is 0 Å². The first-order valence-electron chi connectivity index (χ1n) is 7.27. The van der Waals surface area contributed by atoms with Gasteiger partial charge in [-0.05, 0) is 49.9 Å². The molecule has 0 aromatic heterocycles. The van der Waals surface area contributed by atoms with E-state index in [1.807, 2.05) is 6.07 Å². The van der Waals surface area contributed by atoms with Crippen molar-refractivity contribution in [2.45, 2.75) is 39.7 Å². The summed E-state index contributed by atoms with van der Waals surface area (Å²) >= 11 is 0. The van der Waals surface area contributed by atoms with Crippen molar-refractivity contribution in [2.75, 3.05) is 19.8 Å². The lowest BCUT2D eigenvalue weighted by Gasteiger charge is -2.19. The van der Waals surface area contributed by atoms with Gasteiger partial charge < -0.3 is 14.8 Å². The van der Waals surface area contributed by atoms with Crippen LogP contribution < -0.4 is 14.8 Å². The molecule has 0 saturated carbocycles. The molecule has 1 aliphatic heterocycles. The smallest absolute Gasteiger partial charge is 0.161 e. The average molecular weight is 263 g/mol.